The van der Waals surface area contributed by atoms with E-state index in [2.05, 4.69) is 0 Å². The Kier molecular flexibility index (Phi) is 5.63. The molecule has 1 saturated carbocycles. The molecule has 5 nitrogen and oxygen atoms in total. The van der Waals surface area contributed by atoms with Crippen molar-refractivity contribution >= 4 is 13.7 Å². The van der Waals surface area contributed by atoms with E-state index in [9.17, 15) is 14.3 Å². The van der Waals surface area contributed by atoms with Crippen molar-refractivity contribution in [2.75, 3.05) is 6.61 Å². The predicted octanol–water partition coefficient (Wildman–Crippen LogP) is 2.69. The molecule has 0 bridgehead atoms. The van der Waals surface area contributed by atoms with Crippen molar-refractivity contribution in [1.82, 2.24) is 4.67 Å². The number of hydrogen-bond acceptors (Lipinski definition) is 3. The number of hydrogen-bond donors (Lipinski definition) is 1. The zero-order valence-electron chi connectivity index (χ0n) is 10.6. The monoisotopic (exact) mass is 263 g/mol. The highest BCUT2D eigenvalue weighted by atomic mass is 31.2. The Morgan fingerprint density at radius 2 is 1.94 bits per heavy atom. The molecule has 0 aliphatic heterocycles. The lowest BCUT2D eigenvalue weighted by molar-refractivity contribution is -0.129. The zero-order chi connectivity index (χ0) is 12.9. The van der Waals surface area contributed by atoms with Gasteiger partial charge in [-0.25, -0.2) is 9.24 Å². The van der Waals surface area contributed by atoms with E-state index in [0.29, 0.717) is 0 Å². The number of nitrogens with zero attached hydrogens (tertiary/aromatic N) is 1. The third-order valence-electron chi connectivity index (χ3n) is 3.05. The molecule has 1 aliphatic carbocycles. The van der Waals surface area contributed by atoms with Crippen LogP contribution in [0.25, 0.3) is 0 Å². The molecule has 0 aromatic rings. The first-order valence-electron chi connectivity index (χ1n) is 6.32. The van der Waals surface area contributed by atoms with Crippen molar-refractivity contribution in [3.05, 3.63) is 0 Å². The van der Waals surface area contributed by atoms with E-state index < -0.39 is 7.75 Å². The van der Waals surface area contributed by atoms with Gasteiger partial charge in [-0.15, -0.1) is 0 Å². The molecule has 1 rings (SSSR count). The van der Waals surface area contributed by atoms with Crippen LogP contribution < -0.4 is 0 Å². The van der Waals surface area contributed by atoms with Crippen molar-refractivity contribution in [2.45, 2.75) is 58.4 Å². The quantitative estimate of drug-likeness (QED) is 0.774. The van der Waals surface area contributed by atoms with E-state index in [-0.39, 0.29) is 25.0 Å². The second-order valence-electron chi connectivity index (χ2n) is 4.29. The van der Waals surface area contributed by atoms with Gasteiger partial charge in [-0.1, -0.05) is 26.2 Å². The molecule has 1 N–H and O–H groups in total. The predicted molar refractivity (Wildman–Crippen MR) is 65.5 cm³/mol. The normalized spacial score (nSPS) is 20.9. The summed E-state index contributed by atoms with van der Waals surface area (Å²) in [6, 6.07) is -0.140. The zero-order valence-corrected chi connectivity index (χ0v) is 11.5. The minimum Gasteiger partial charge on any atom is -0.308 e. The molecule has 0 saturated heterocycles. The lowest BCUT2D eigenvalue weighted by Crippen LogP contribution is -2.39. The summed E-state index contributed by atoms with van der Waals surface area (Å²) in [4.78, 5) is 21.7. The number of amides is 1. The van der Waals surface area contributed by atoms with Gasteiger partial charge in [-0.05, 0) is 19.8 Å². The van der Waals surface area contributed by atoms with Crippen LogP contribution in [0.1, 0.15) is 52.4 Å². The van der Waals surface area contributed by atoms with Crippen LogP contribution in [0.15, 0.2) is 0 Å². The fourth-order valence-electron chi connectivity index (χ4n) is 2.27. The molecule has 1 unspecified atom stereocenters. The molecule has 1 aliphatic rings. The second kappa shape index (κ2) is 6.53. The van der Waals surface area contributed by atoms with Gasteiger partial charge < -0.3 is 4.89 Å². The highest BCUT2D eigenvalue weighted by Crippen LogP contribution is 2.50. The van der Waals surface area contributed by atoms with Crippen LogP contribution in [0.5, 0.6) is 0 Å². The van der Waals surface area contributed by atoms with Crippen LogP contribution in [0.3, 0.4) is 0 Å². The molecule has 1 amide bonds. The van der Waals surface area contributed by atoms with Crippen molar-refractivity contribution in [3.63, 3.8) is 0 Å². The smallest absolute Gasteiger partial charge is 0.308 e. The lowest BCUT2D eigenvalue weighted by Gasteiger charge is -2.35. The van der Waals surface area contributed by atoms with Crippen LogP contribution in [0.2, 0.25) is 0 Å². The third-order valence-corrected chi connectivity index (χ3v) is 4.74. The van der Waals surface area contributed by atoms with Crippen molar-refractivity contribution in [3.8, 4) is 0 Å². The van der Waals surface area contributed by atoms with E-state index in [4.69, 9.17) is 4.52 Å². The average molecular weight is 263 g/mol. The molecular formula is C11H22NO4P. The average Bonchev–Trinajstić information content (AvgIpc) is 2.30. The fraction of sp³-hybridized carbons (Fsp3) is 0.909. The number of rotatable bonds is 5. The van der Waals surface area contributed by atoms with E-state index in [1.807, 2.05) is 0 Å². The fourth-order valence-corrected chi connectivity index (χ4v) is 3.80. The molecule has 0 aromatic heterocycles. The summed E-state index contributed by atoms with van der Waals surface area (Å²) in [7, 11) is -3.96. The summed E-state index contributed by atoms with van der Waals surface area (Å²) in [5.41, 5.74) is 0. The Balaban J connectivity index is 2.86. The largest absolute Gasteiger partial charge is 0.435 e. The van der Waals surface area contributed by atoms with Gasteiger partial charge in [0.15, 0.2) is 0 Å². The van der Waals surface area contributed by atoms with Gasteiger partial charge in [0.2, 0.25) is 5.91 Å². The maximum absolute atomic E-state index is 12.1. The van der Waals surface area contributed by atoms with Gasteiger partial charge in [0.1, 0.15) is 0 Å². The summed E-state index contributed by atoms with van der Waals surface area (Å²) in [5.74, 6) is -0.295. The maximum atomic E-state index is 12.1. The second-order valence-corrected chi connectivity index (χ2v) is 5.96. The molecule has 0 aromatic carbocycles. The van der Waals surface area contributed by atoms with E-state index in [1.165, 1.54) is 0 Å². The summed E-state index contributed by atoms with van der Waals surface area (Å²) < 4.78 is 18.0. The number of carbonyl (C=O) groups is 1. The molecule has 0 radical (unpaired) electrons. The Bertz CT molecular complexity index is 302. The third kappa shape index (κ3) is 3.80. The maximum Gasteiger partial charge on any atom is 0.435 e. The standard InChI is InChI=1S/C11H22NO4P/c1-3-11(13)12(17(14,15)16-4-2)10-8-6-5-7-9-10/h10H,3-9H2,1-2H3,(H,14,15). The number of carbonyl (C=O) groups excluding carboxylic acids is 1. The summed E-state index contributed by atoms with van der Waals surface area (Å²) in [6.45, 7) is 3.48. The minimum absolute atomic E-state index is 0.133. The lowest BCUT2D eigenvalue weighted by atomic mass is 9.95. The van der Waals surface area contributed by atoms with Crippen LogP contribution >= 0.6 is 7.75 Å². The first kappa shape index (κ1) is 14.7. The molecule has 1 atom stereocenters. The van der Waals surface area contributed by atoms with Crippen molar-refractivity contribution < 1.29 is 18.8 Å². The highest BCUT2D eigenvalue weighted by Gasteiger charge is 2.38. The minimum atomic E-state index is -3.96. The van der Waals surface area contributed by atoms with Crippen molar-refractivity contribution in [2.24, 2.45) is 0 Å². The summed E-state index contributed by atoms with van der Waals surface area (Å²) in [5, 5.41) is 0. The molecule has 6 heteroatoms. The van der Waals surface area contributed by atoms with Crippen LogP contribution in [-0.2, 0) is 13.9 Å². The first-order chi connectivity index (χ1) is 8.03. The van der Waals surface area contributed by atoms with E-state index in [1.54, 1.807) is 13.8 Å². The van der Waals surface area contributed by atoms with E-state index in [0.717, 1.165) is 36.8 Å². The molecule has 100 valence electrons. The molecule has 1 fully saturated rings. The SMILES string of the molecule is CCOP(=O)(O)N(C(=O)CC)C1CCCCC1. The van der Waals surface area contributed by atoms with Gasteiger partial charge in [0.25, 0.3) is 0 Å². The van der Waals surface area contributed by atoms with Crippen LogP contribution in [0, 0.1) is 0 Å². The topological polar surface area (TPSA) is 66.8 Å². The van der Waals surface area contributed by atoms with E-state index >= 15 is 0 Å². The summed E-state index contributed by atoms with van der Waals surface area (Å²) in [6.07, 6.45) is 4.96. The Morgan fingerprint density at radius 1 is 1.35 bits per heavy atom. The van der Waals surface area contributed by atoms with Crippen molar-refractivity contribution in [1.29, 1.82) is 0 Å². The Hall–Kier alpha value is -0.380. The van der Waals surface area contributed by atoms with Gasteiger partial charge >= 0.3 is 7.75 Å². The first-order valence-corrected chi connectivity index (χ1v) is 7.85. The summed E-state index contributed by atoms with van der Waals surface area (Å²) >= 11 is 0. The highest BCUT2D eigenvalue weighted by molar-refractivity contribution is 7.51. The van der Waals surface area contributed by atoms with Gasteiger partial charge in [0.05, 0.1) is 6.61 Å². The molecule has 0 heterocycles. The van der Waals surface area contributed by atoms with Crippen LogP contribution in [0.4, 0.5) is 0 Å². The Morgan fingerprint density at radius 3 is 2.41 bits per heavy atom. The van der Waals surface area contributed by atoms with Gasteiger partial charge in [-0.3, -0.25) is 9.32 Å². The molecular weight excluding hydrogens is 241 g/mol. The van der Waals surface area contributed by atoms with Crippen LogP contribution in [-0.4, -0.2) is 28.1 Å². The Labute approximate surface area is 103 Å². The van der Waals surface area contributed by atoms with Gasteiger partial charge in [-0.2, -0.15) is 0 Å². The molecule has 17 heavy (non-hydrogen) atoms. The molecule has 0 spiro atoms. The van der Waals surface area contributed by atoms with Gasteiger partial charge in [0, 0.05) is 12.5 Å².